The number of carbonyl (C=O) groups is 1. The topological polar surface area (TPSA) is 55.8 Å². The number of ether oxygens (including phenoxy) is 2. The number of alkyl halides is 3. The van der Waals surface area contributed by atoms with E-state index in [1.807, 2.05) is 6.07 Å². The number of methoxy groups -OCH3 is 1. The SMILES string of the molecule is COC(CCc1ccc(OC(C)(C)C(=O)O)c(Cl)c1Cl)c1ccc(-c2cccc(C(F)(F)F)c2)s1. The first-order valence-corrected chi connectivity index (χ1v) is 12.1. The van der Waals surface area contributed by atoms with E-state index in [-0.39, 0.29) is 21.9 Å². The van der Waals surface area contributed by atoms with E-state index in [1.165, 1.54) is 31.3 Å². The highest BCUT2D eigenvalue weighted by Crippen LogP contribution is 2.40. The van der Waals surface area contributed by atoms with Gasteiger partial charge in [0.25, 0.3) is 0 Å². The third-order valence-electron chi connectivity index (χ3n) is 5.39. The minimum atomic E-state index is -4.41. The smallest absolute Gasteiger partial charge is 0.416 e. The van der Waals surface area contributed by atoms with Crippen LogP contribution in [0.25, 0.3) is 10.4 Å². The number of rotatable bonds is 9. The van der Waals surface area contributed by atoms with Gasteiger partial charge in [0.05, 0.1) is 16.7 Å². The highest BCUT2D eigenvalue weighted by atomic mass is 35.5. The van der Waals surface area contributed by atoms with Crippen LogP contribution in [0.3, 0.4) is 0 Å². The minimum absolute atomic E-state index is 0.121. The van der Waals surface area contributed by atoms with Gasteiger partial charge in [0.15, 0.2) is 5.60 Å². The second-order valence-corrected chi connectivity index (χ2v) is 10.2. The summed E-state index contributed by atoms with van der Waals surface area (Å²) in [7, 11) is 1.56. The van der Waals surface area contributed by atoms with Crippen molar-refractivity contribution in [3.05, 3.63) is 74.6 Å². The van der Waals surface area contributed by atoms with Crippen molar-refractivity contribution < 1.29 is 32.5 Å². The van der Waals surface area contributed by atoms with Crippen molar-refractivity contribution in [3.63, 3.8) is 0 Å². The van der Waals surface area contributed by atoms with Gasteiger partial charge in [0.2, 0.25) is 0 Å². The molecule has 3 rings (SSSR count). The lowest BCUT2D eigenvalue weighted by Crippen LogP contribution is -2.38. The molecule has 0 saturated carbocycles. The van der Waals surface area contributed by atoms with Crippen LogP contribution in [0.1, 0.15) is 42.4 Å². The minimum Gasteiger partial charge on any atom is -0.478 e. The first kappa shape index (κ1) is 27.3. The van der Waals surface area contributed by atoms with Gasteiger partial charge in [-0.2, -0.15) is 13.2 Å². The molecular weight excluding hydrogens is 524 g/mol. The van der Waals surface area contributed by atoms with Gasteiger partial charge < -0.3 is 14.6 Å². The summed E-state index contributed by atoms with van der Waals surface area (Å²) in [6.07, 6.45) is -3.68. The van der Waals surface area contributed by atoms with Crippen molar-refractivity contribution in [3.8, 4) is 16.2 Å². The van der Waals surface area contributed by atoms with Gasteiger partial charge in [-0.05, 0) is 68.1 Å². The Bertz CT molecular complexity index is 1210. The van der Waals surface area contributed by atoms with E-state index in [9.17, 15) is 23.1 Å². The number of carboxylic acid groups (broad SMARTS) is 1. The van der Waals surface area contributed by atoms with E-state index in [4.69, 9.17) is 32.7 Å². The Morgan fingerprint density at radius 2 is 1.80 bits per heavy atom. The van der Waals surface area contributed by atoms with E-state index in [2.05, 4.69) is 0 Å². The van der Waals surface area contributed by atoms with Gasteiger partial charge in [0, 0.05) is 16.9 Å². The molecule has 0 bridgehead atoms. The maximum absolute atomic E-state index is 13.1. The first-order valence-electron chi connectivity index (χ1n) is 10.5. The van der Waals surface area contributed by atoms with Crippen molar-refractivity contribution in [1.82, 2.24) is 0 Å². The van der Waals surface area contributed by atoms with Crippen LogP contribution in [0.4, 0.5) is 13.2 Å². The van der Waals surface area contributed by atoms with Crippen molar-refractivity contribution in [2.45, 2.75) is 44.6 Å². The molecule has 0 aliphatic carbocycles. The molecule has 1 aromatic heterocycles. The molecular formula is C25H23Cl2F3O4S. The lowest BCUT2D eigenvalue weighted by Gasteiger charge is -2.23. The highest BCUT2D eigenvalue weighted by Gasteiger charge is 2.31. The molecule has 0 radical (unpaired) electrons. The summed E-state index contributed by atoms with van der Waals surface area (Å²) in [5.41, 5.74) is -0.958. The van der Waals surface area contributed by atoms with Crippen LogP contribution >= 0.6 is 34.5 Å². The number of carboxylic acids is 1. The van der Waals surface area contributed by atoms with E-state index in [0.717, 1.165) is 22.6 Å². The molecule has 10 heteroatoms. The van der Waals surface area contributed by atoms with Crippen LogP contribution in [-0.2, 0) is 22.1 Å². The summed E-state index contributed by atoms with van der Waals surface area (Å²) >= 11 is 14.1. The maximum Gasteiger partial charge on any atom is 0.416 e. The summed E-state index contributed by atoms with van der Waals surface area (Å²) in [6.45, 7) is 2.82. The average molecular weight is 547 g/mol. The molecule has 0 amide bonds. The maximum atomic E-state index is 13.1. The monoisotopic (exact) mass is 546 g/mol. The molecule has 0 saturated heterocycles. The Balaban J connectivity index is 1.74. The van der Waals surface area contributed by atoms with Crippen LogP contribution in [0.5, 0.6) is 5.75 Å². The van der Waals surface area contributed by atoms with Crippen LogP contribution < -0.4 is 4.74 Å². The molecule has 4 nitrogen and oxygen atoms in total. The van der Waals surface area contributed by atoms with Crippen molar-refractivity contribution in [2.75, 3.05) is 7.11 Å². The predicted molar refractivity (Wildman–Crippen MR) is 132 cm³/mol. The Morgan fingerprint density at radius 3 is 2.43 bits per heavy atom. The standard InChI is InChI=1S/C25H23Cl2F3O4S/c1-24(2,23(31)32)34-18-10-8-14(21(26)22(18)27)7-9-17(33-3)20-12-11-19(35-20)15-5-4-6-16(13-15)25(28,29)30/h4-6,8,10-13,17H,7,9H2,1-3H3,(H,31,32). The Hall–Kier alpha value is -2.26. The zero-order valence-corrected chi connectivity index (χ0v) is 21.4. The van der Waals surface area contributed by atoms with Gasteiger partial charge >= 0.3 is 12.1 Å². The van der Waals surface area contributed by atoms with E-state index < -0.39 is 23.3 Å². The number of benzene rings is 2. The molecule has 1 N–H and O–H groups in total. The molecule has 0 spiro atoms. The highest BCUT2D eigenvalue weighted by molar-refractivity contribution is 7.15. The Morgan fingerprint density at radius 1 is 1.09 bits per heavy atom. The molecule has 1 atom stereocenters. The van der Waals surface area contributed by atoms with Gasteiger partial charge in [-0.25, -0.2) is 4.79 Å². The fourth-order valence-electron chi connectivity index (χ4n) is 3.35. The molecule has 0 fully saturated rings. The first-order chi connectivity index (χ1) is 16.3. The van der Waals surface area contributed by atoms with E-state index >= 15 is 0 Å². The molecule has 35 heavy (non-hydrogen) atoms. The normalized spacial score (nSPS) is 13.0. The van der Waals surface area contributed by atoms with Crippen molar-refractivity contribution in [1.29, 1.82) is 0 Å². The Labute approximate surface area is 215 Å². The number of aliphatic carboxylic acids is 1. The Kier molecular flexibility index (Phi) is 8.42. The number of thiophene rings is 1. The van der Waals surface area contributed by atoms with Gasteiger partial charge in [0.1, 0.15) is 10.8 Å². The van der Waals surface area contributed by atoms with Crippen molar-refractivity contribution >= 4 is 40.5 Å². The van der Waals surface area contributed by atoms with Crippen LogP contribution in [0.2, 0.25) is 10.0 Å². The van der Waals surface area contributed by atoms with Gasteiger partial charge in [-0.15, -0.1) is 11.3 Å². The average Bonchev–Trinajstić information content (AvgIpc) is 3.28. The van der Waals surface area contributed by atoms with Crippen molar-refractivity contribution in [2.24, 2.45) is 0 Å². The molecule has 3 aromatic rings. The van der Waals surface area contributed by atoms with Gasteiger partial charge in [-0.3, -0.25) is 0 Å². The molecule has 188 valence electrons. The van der Waals surface area contributed by atoms with Crippen LogP contribution in [0.15, 0.2) is 48.5 Å². The van der Waals surface area contributed by atoms with Crippen LogP contribution in [0, 0.1) is 0 Å². The third kappa shape index (κ3) is 6.50. The number of halogens is 5. The van der Waals surface area contributed by atoms with Crippen LogP contribution in [-0.4, -0.2) is 23.8 Å². The number of aryl methyl sites for hydroxylation is 1. The summed E-state index contributed by atoms with van der Waals surface area (Å²) in [6, 6.07) is 12.1. The zero-order valence-electron chi connectivity index (χ0n) is 19.1. The second kappa shape index (κ2) is 10.8. The third-order valence-corrected chi connectivity index (χ3v) is 7.52. The fourth-order valence-corrected chi connectivity index (χ4v) is 4.94. The predicted octanol–water partition coefficient (Wildman–Crippen LogP) is 8.30. The van der Waals surface area contributed by atoms with E-state index in [0.29, 0.717) is 23.3 Å². The molecule has 1 heterocycles. The molecule has 1 unspecified atom stereocenters. The summed E-state index contributed by atoms with van der Waals surface area (Å²) in [4.78, 5) is 12.9. The fraction of sp³-hybridized carbons (Fsp3) is 0.320. The largest absolute Gasteiger partial charge is 0.478 e. The molecule has 0 aliphatic rings. The number of hydrogen-bond donors (Lipinski definition) is 1. The summed E-state index contributed by atoms with van der Waals surface area (Å²) < 4.78 is 50.3. The van der Waals surface area contributed by atoms with Gasteiger partial charge in [-0.1, -0.05) is 41.4 Å². The molecule has 2 aromatic carbocycles. The second-order valence-electron chi connectivity index (χ2n) is 8.31. The number of hydrogen-bond acceptors (Lipinski definition) is 4. The lowest BCUT2D eigenvalue weighted by atomic mass is 10.0. The molecule has 0 aliphatic heterocycles. The quantitative estimate of drug-likeness (QED) is 0.293. The summed E-state index contributed by atoms with van der Waals surface area (Å²) in [5, 5.41) is 9.64. The summed E-state index contributed by atoms with van der Waals surface area (Å²) in [5.74, 6) is -0.975. The lowest BCUT2D eigenvalue weighted by molar-refractivity contribution is -0.152. The zero-order chi connectivity index (χ0) is 26.0. The van der Waals surface area contributed by atoms with E-state index in [1.54, 1.807) is 31.4 Å².